The number of ketones is 1. The highest BCUT2D eigenvalue weighted by molar-refractivity contribution is 5.98. The lowest BCUT2D eigenvalue weighted by Crippen LogP contribution is -2.36. The minimum atomic E-state index is -1.35. The highest BCUT2D eigenvalue weighted by Gasteiger charge is 2.31. The summed E-state index contributed by atoms with van der Waals surface area (Å²) < 4.78 is 1.35. The number of nitrogens with zero attached hydrogens (tertiary/aromatic N) is 3. The average Bonchev–Trinajstić information content (AvgIpc) is 2.50. The fourth-order valence-electron chi connectivity index (χ4n) is 0.903. The molecule has 0 amide bonds. The highest BCUT2D eigenvalue weighted by Crippen LogP contribution is 2.14. The van der Waals surface area contributed by atoms with Gasteiger partial charge in [0.15, 0.2) is 5.82 Å². The molecule has 0 saturated heterocycles. The van der Waals surface area contributed by atoms with E-state index in [0.29, 0.717) is 6.42 Å². The van der Waals surface area contributed by atoms with Crippen LogP contribution in [0, 0.1) is 0 Å². The SMILES string of the molecule is CCC(C)(O)C(=O)c1ncnn1C. The third-order valence-electron chi connectivity index (χ3n) is 2.09. The first-order valence-corrected chi connectivity index (χ1v) is 4.10. The number of carbonyl (C=O) groups excluding carboxylic acids is 1. The smallest absolute Gasteiger partial charge is 0.230 e. The molecule has 0 aromatic carbocycles. The number of hydrogen-bond acceptors (Lipinski definition) is 4. The quantitative estimate of drug-likeness (QED) is 0.678. The van der Waals surface area contributed by atoms with E-state index in [1.807, 2.05) is 0 Å². The summed E-state index contributed by atoms with van der Waals surface area (Å²) in [6.07, 6.45) is 1.65. The van der Waals surface area contributed by atoms with Gasteiger partial charge in [-0.3, -0.25) is 4.79 Å². The second-order valence-corrected chi connectivity index (χ2v) is 3.16. The third kappa shape index (κ3) is 1.75. The zero-order valence-electron chi connectivity index (χ0n) is 7.98. The number of carbonyl (C=O) groups is 1. The molecule has 1 unspecified atom stereocenters. The molecule has 1 N–H and O–H groups in total. The highest BCUT2D eigenvalue weighted by atomic mass is 16.3. The van der Waals surface area contributed by atoms with Gasteiger partial charge >= 0.3 is 0 Å². The maximum atomic E-state index is 11.6. The van der Waals surface area contributed by atoms with Crippen LogP contribution in [0.5, 0.6) is 0 Å². The van der Waals surface area contributed by atoms with Gasteiger partial charge in [-0.05, 0) is 13.3 Å². The zero-order chi connectivity index (χ0) is 10.1. The van der Waals surface area contributed by atoms with Crippen LogP contribution in [0.3, 0.4) is 0 Å². The van der Waals surface area contributed by atoms with Crippen molar-refractivity contribution in [1.82, 2.24) is 14.8 Å². The molecule has 0 aliphatic carbocycles. The molecule has 0 fully saturated rings. The molecule has 5 nitrogen and oxygen atoms in total. The second kappa shape index (κ2) is 3.26. The predicted octanol–water partition coefficient (Wildman–Crippen LogP) is 0.159. The van der Waals surface area contributed by atoms with Crippen molar-refractivity contribution in [2.75, 3.05) is 0 Å². The van der Waals surface area contributed by atoms with Crippen LogP contribution in [-0.4, -0.2) is 31.3 Å². The first-order valence-electron chi connectivity index (χ1n) is 4.10. The Balaban J connectivity index is 2.98. The molecule has 1 atom stereocenters. The molecule has 13 heavy (non-hydrogen) atoms. The lowest BCUT2D eigenvalue weighted by Gasteiger charge is -2.18. The van der Waals surface area contributed by atoms with Crippen LogP contribution in [-0.2, 0) is 7.05 Å². The predicted molar refractivity (Wildman–Crippen MR) is 46.2 cm³/mol. The minimum absolute atomic E-state index is 0.187. The molecule has 0 radical (unpaired) electrons. The monoisotopic (exact) mass is 183 g/mol. The largest absolute Gasteiger partial charge is 0.382 e. The van der Waals surface area contributed by atoms with Gasteiger partial charge < -0.3 is 5.11 Å². The first-order chi connectivity index (χ1) is 5.99. The lowest BCUT2D eigenvalue weighted by atomic mass is 9.97. The van der Waals surface area contributed by atoms with E-state index < -0.39 is 11.4 Å². The number of aromatic nitrogens is 3. The van der Waals surface area contributed by atoms with Crippen LogP contribution >= 0.6 is 0 Å². The van der Waals surface area contributed by atoms with E-state index in [1.165, 1.54) is 17.9 Å². The summed E-state index contributed by atoms with van der Waals surface area (Å²) in [7, 11) is 1.62. The molecule has 1 aromatic heterocycles. The van der Waals surface area contributed by atoms with Gasteiger partial charge in [0.25, 0.3) is 0 Å². The summed E-state index contributed by atoms with van der Waals surface area (Å²) in [5.41, 5.74) is -1.35. The van der Waals surface area contributed by atoms with E-state index in [4.69, 9.17) is 0 Å². The average molecular weight is 183 g/mol. The Hall–Kier alpha value is -1.23. The summed E-state index contributed by atoms with van der Waals surface area (Å²) in [6.45, 7) is 3.22. The van der Waals surface area contributed by atoms with Crippen molar-refractivity contribution < 1.29 is 9.90 Å². The Labute approximate surface area is 76.4 Å². The Kier molecular flexibility index (Phi) is 2.47. The van der Waals surface area contributed by atoms with Crippen LogP contribution in [0.25, 0.3) is 0 Å². The van der Waals surface area contributed by atoms with Gasteiger partial charge in [-0.1, -0.05) is 6.92 Å². The summed E-state index contributed by atoms with van der Waals surface area (Å²) in [5.74, 6) is -0.207. The molecule has 0 spiro atoms. The molecule has 1 heterocycles. The van der Waals surface area contributed by atoms with Crippen molar-refractivity contribution in [3.8, 4) is 0 Å². The lowest BCUT2D eigenvalue weighted by molar-refractivity contribution is 0.0375. The summed E-state index contributed by atoms with van der Waals surface area (Å²) in [5, 5.41) is 13.4. The molecule has 5 heteroatoms. The van der Waals surface area contributed by atoms with Crippen LogP contribution in [0.4, 0.5) is 0 Å². The van der Waals surface area contributed by atoms with Crippen LogP contribution in [0.15, 0.2) is 6.33 Å². The number of aryl methyl sites for hydroxylation is 1. The molecule has 72 valence electrons. The van der Waals surface area contributed by atoms with E-state index in [0.717, 1.165) is 0 Å². The van der Waals surface area contributed by atoms with Gasteiger partial charge in [0.1, 0.15) is 11.9 Å². The van der Waals surface area contributed by atoms with E-state index in [-0.39, 0.29) is 5.82 Å². The van der Waals surface area contributed by atoms with Gasteiger partial charge in [-0.2, -0.15) is 5.10 Å². The van der Waals surface area contributed by atoms with Gasteiger partial charge in [-0.25, -0.2) is 9.67 Å². The van der Waals surface area contributed by atoms with E-state index in [1.54, 1.807) is 14.0 Å². The van der Waals surface area contributed by atoms with E-state index in [2.05, 4.69) is 10.1 Å². The van der Waals surface area contributed by atoms with Gasteiger partial charge in [-0.15, -0.1) is 0 Å². The van der Waals surface area contributed by atoms with Crippen molar-refractivity contribution in [2.45, 2.75) is 25.9 Å². The van der Waals surface area contributed by atoms with E-state index in [9.17, 15) is 9.90 Å². The van der Waals surface area contributed by atoms with E-state index >= 15 is 0 Å². The number of rotatable bonds is 3. The Bertz CT molecular complexity index is 317. The molecule has 0 saturated carbocycles. The maximum Gasteiger partial charge on any atom is 0.230 e. The summed E-state index contributed by atoms with van der Waals surface area (Å²) in [4.78, 5) is 15.4. The van der Waals surface area contributed by atoms with Crippen LogP contribution in [0.1, 0.15) is 30.9 Å². The van der Waals surface area contributed by atoms with Gasteiger partial charge in [0, 0.05) is 7.05 Å². The van der Waals surface area contributed by atoms with Crippen molar-refractivity contribution in [3.63, 3.8) is 0 Å². The van der Waals surface area contributed by atoms with Crippen molar-refractivity contribution in [3.05, 3.63) is 12.2 Å². The molecule has 0 aliphatic heterocycles. The maximum absolute atomic E-state index is 11.6. The zero-order valence-corrected chi connectivity index (χ0v) is 7.98. The molecule has 0 bridgehead atoms. The van der Waals surface area contributed by atoms with Crippen molar-refractivity contribution in [1.29, 1.82) is 0 Å². The molecule has 1 aromatic rings. The summed E-state index contributed by atoms with van der Waals surface area (Å²) in [6, 6.07) is 0. The summed E-state index contributed by atoms with van der Waals surface area (Å²) >= 11 is 0. The molecular weight excluding hydrogens is 170 g/mol. The molecule has 1 rings (SSSR count). The van der Waals surface area contributed by atoms with Crippen LogP contribution < -0.4 is 0 Å². The molecule has 0 aliphatic rings. The Morgan fingerprint density at radius 3 is 2.77 bits per heavy atom. The first kappa shape index (κ1) is 9.85. The van der Waals surface area contributed by atoms with Crippen molar-refractivity contribution >= 4 is 5.78 Å². The number of aliphatic hydroxyl groups is 1. The second-order valence-electron chi connectivity index (χ2n) is 3.16. The Morgan fingerprint density at radius 1 is 1.77 bits per heavy atom. The Morgan fingerprint density at radius 2 is 2.38 bits per heavy atom. The topological polar surface area (TPSA) is 68.0 Å². The van der Waals surface area contributed by atoms with Gasteiger partial charge in [0.05, 0.1) is 0 Å². The van der Waals surface area contributed by atoms with Crippen molar-refractivity contribution in [2.24, 2.45) is 7.05 Å². The standard InChI is InChI=1S/C8H13N3O2/c1-4-8(2,13)6(12)7-9-5-10-11(7)3/h5,13H,4H2,1-3H3. The minimum Gasteiger partial charge on any atom is -0.382 e. The fraction of sp³-hybridized carbons (Fsp3) is 0.625. The normalized spacial score (nSPS) is 15.4. The van der Waals surface area contributed by atoms with Gasteiger partial charge in [0.2, 0.25) is 5.78 Å². The fourth-order valence-corrected chi connectivity index (χ4v) is 0.903. The van der Waals surface area contributed by atoms with Crippen LogP contribution in [0.2, 0.25) is 0 Å². The third-order valence-corrected chi connectivity index (χ3v) is 2.09. The molecular formula is C8H13N3O2. The number of Topliss-reactive ketones (excluding diaryl/α,β-unsaturated/α-hetero) is 1. The number of hydrogen-bond donors (Lipinski definition) is 1.